The van der Waals surface area contributed by atoms with E-state index in [2.05, 4.69) is 5.10 Å². The van der Waals surface area contributed by atoms with Gasteiger partial charge in [0.1, 0.15) is 5.82 Å². The Bertz CT molecular complexity index is 839. The van der Waals surface area contributed by atoms with Crippen LogP contribution in [-0.2, 0) is 9.53 Å². The molecular weight excluding hydrogens is 347 g/mol. The molecule has 1 amide bonds. The van der Waals surface area contributed by atoms with Crippen LogP contribution in [0.4, 0.5) is 4.39 Å². The summed E-state index contributed by atoms with van der Waals surface area (Å²) in [6.07, 6.45) is 0.618. The lowest BCUT2D eigenvalue weighted by Crippen LogP contribution is -2.29. The number of amides is 1. The van der Waals surface area contributed by atoms with Crippen LogP contribution in [0.2, 0.25) is 5.02 Å². The zero-order valence-corrected chi connectivity index (χ0v) is 13.9. The van der Waals surface area contributed by atoms with Crippen molar-refractivity contribution < 1.29 is 18.7 Å². The Hall–Kier alpha value is -2.73. The Kier molecular flexibility index (Phi) is 5.09. The molecule has 0 spiro atoms. The number of carbonyl (C=O) groups is 2. The SMILES string of the molecule is O=C(OCC(=O)N1CCC(c2ccccc2)=N1)c1cc(Cl)ccc1F. The molecule has 0 atom stereocenters. The molecule has 5 nitrogen and oxygen atoms in total. The van der Waals surface area contributed by atoms with E-state index in [9.17, 15) is 14.0 Å². The topological polar surface area (TPSA) is 59.0 Å². The fourth-order valence-electron chi connectivity index (χ4n) is 2.40. The highest BCUT2D eigenvalue weighted by molar-refractivity contribution is 6.30. The number of benzene rings is 2. The molecule has 2 aromatic carbocycles. The van der Waals surface area contributed by atoms with E-state index >= 15 is 0 Å². The third-order valence-corrected chi connectivity index (χ3v) is 3.91. The first kappa shape index (κ1) is 17.1. The monoisotopic (exact) mass is 360 g/mol. The Morgan fingerprint density at radius 3 is 2.72 bits per heavy atom. The summed E-state index contributed by atoms with van der Waals surface area (Å²) in [4.78, 5) is 24.0. The molecule has 1 aliphatic heterocycles. The maximum atomic E-state index is 13.6. The van der Waals surface area contributed by atoms with Crippen LogP contribution in [0, 0.1) is 5.82 Å². The lowest BCUT2D eigenvalue weighted by atomic mass is 10.1. The van der Waals surface area contributed by atoms with Crippen LogP contribution >= 0.6 is 11.6 Å². The van der Waals surface area contributed by atoms with Crippen molar-refractivity contribution in [2.24, 2.45) is 5.10 Å². The maximum absolute atomic E-state index is 13.6. The van der Waals surface area contributed by atoms with Gasteiger partial charge in [-0.05, 0) is 23.8 Å². The number of carbonyl (C=O) groups excluding carboxylic acids is 2. The van der Waals surface area contributed by atoms with E-state index in [1.54, 1.807) is 0 Å². The van der Waals surface area contributed by atoms with Gasteiger partial charge < -0.3 is 4.74 Å². The molecule has 0 N–H and O–H groups in total. The van der Waals surface area contributed by atoms with Crippen molar-refractivity contribution in [3.8, 4) is 0 Å². The van der Waals surface area contributed by atoms with Gasteiger partial charge in [-0.3, -0.25) is 4.79 Å². The lowest BCUT2D eigenvalue weighted by Gasteiger charge is -2.11. The standard InChI is InChI=1S/C18H14ClFN2O3/c19-13-6-7-15(20)14(10-13)18(24)25-11-17(23)22-9-8-16(21-22)12-4-2-1-3-5-12/h1-7,10H,8-9,11H2. The average molecular weight is 361 g/mol. The molecule has 3 rings (SSSR count). The summed E-state index contributed by atoms with van der Waals surface area (Å²) in [6.45, 7) is -0.109. The minimum absolute atomic E-state index is 0.205. The second-order valence-corrected chi connectivity index (χ2v) is 5.82. The van der Waals surface area contributed by atoms with Gasteiger partial charge in [0, 0.05) is 11.4 Å². The van der Waals surface area contributed by atoms with Crippen molar-refractivity contribution in [2.45, 2.75) is 6.42 Å². The molecule has 0 saturated carbocycles. The minimum atomic E-state index is -0.945. The zero-order valence-electron chi connectivity index (χ0n) is 13.1. The molecule has 0 fully saturated rings. The minimum Gasteiger partial charge on any atom is -0.452 e. The summed E-state index contributed by atoms with van der Waals surface area (Å²) in [6, 6.07) is 13.1. The van der Waals surface area contributed by atoms with E-state index in [-0.39, 0.29) is 10.6 Å². The molecule has 1 heterocycles. The van der Waals surface area contributed by atoms with Crippen LogP contribution in [0.15, 0.2) is 53.6 Å². The van der Waals surface area contributed by atoms with Gasteiger partial charge in [-0.1, -0.05) is 41.9 Å². The van der Waals surface area contributed by atoms with Crippen LogP contribution in [0.5, 0.6) is 0 Å². The van der Waals surface area contributed by atoms with Crippen LogP contribution in [0.1, 0.15) is 22.3 Å². The number of hydrazone groups is 1. The number of rotatable bonds is 4. The van der Waals surface area contributed by atoms with E-state index in [4.69, 9.17) is 16.3 Å². The quantitative estimate of drug-likeness (QED) is 0.786. The molecule has 1 aliphatic rings. The molecule has 0 radical (unpaired) electrons. The summed E-state index contributed by atoms with van der Waals surface area (Å²) in [5, 5.41) is 5.71. The molecule has 0 bridgehead atoms. The van der Waals surface area contributed by atoms with Crippen molar-refractivity contribution in [3.63, 3.8) is 0 Å². The van der Waals surface area contributed by atoms with Gasteiger partial charge in [0.15, 0.2) is 6.61 Å². The first-order chi connectivity index (χ1) is 12.0. The number of esters is 1. The van der Waals surface area contributed by atoms with Crippen LogP contribution in [0.25, 0.3) is 0 Å². The third-order valence-electron chi connectivity index (χ3n) is 3.67. The molecule has 0 aliphatic carbocycles. The van der Waals surface area contributed by atoms with E-state index in [0.717, 1.165) is 23.4 Å². The summed E-state index contributed by atoms with van der Waals surface area (Å²) < 4.78 is 18.5. The van der Waals surface area contributed by atoms with Crippen molar-refractivity contribution >= 4 is 29.2 Å². The Morgan fingerprint density at radius 2 is 1.96 bits per heavy atom. The number of ether oxygens (including phenoxy) is 1. The van der Waals surface area contributed by atoms with Crippen molar-refractivity contribution in [3.05, 3.63) is 70.5 Å². The van der Waals surface area contributed by atoms with Gasteiger partial charge >= 0.3 is 5.97 Å². The van der Waals surface area contributed by atoms with Crippen molar-refractivity contribution in [1.82, 2.24) is 5.01 Å². The lowest BCUT2D eigenvalue weighted by molar-refractivity contribution is -0.134. The van der Waals surface area contributed by atoms with Gasteiger partial charge in [-0.15, -0.1) is 0 Å². The Morgan fingerprint density at radius 1 is 1.20 bits per heavy atom. The molecular formula is C18H14ClFN2O3. The fourth-order valence-corrected chi connectivity index (χ4v) is 2.58. The predicted molar refractivity (Wildman–Crippen MR) is 91.0 cm³/mol. The highest BCUT2D eigenvalue weighted by Gasteiger charge is 2.23. The molecule has 0 unspecified atom stereocenters. The van der Waals surface area contributed by atoms with Crippen LogP contribution < -0.4 is 0 Å². The van der Waals surface area contributed by atoms with E-state index in [1.165, 1.54) is 11.1 Å². The second kappa shape index (κ2) is 7.44. The fraction of sp³-hybridized carbons (Fsp3) is 0.167. The molecule has 7 heteroatoms. The third kappa shape index (κ3) is 4.03. The van der Waals surface area contributed by atoms with Crippen molar-refractivity contribution in [1.29, 1.82) is 0 Å². The Labute approximate surface area is 148 Å². The summed E-state index contributed by atoms with van der Waals surface area (Å²) in [5.74, 6) is -2.17. The highest BCUT2D eigenvalue weighted by atomic mass is 35.5. The van der Waals surface area contributed by atoms with Crippen molar-refractivity contribution in [2.75, 3.05) is 13.2 Å². The van der Waals surface area contributed by atoms with E-state index in [1.807, 2.05) is 30.3 Å². The molecule has 0 aromatic heterocycles. The van der Waals surface area contributed by atoms with Gasteiger partial charge in [-0.2, -0.15) is 5.10 Å². The van der Waals surface area contributed by atoms with Gasteiger partial charge in [0.05, 0.1) is 17.8 Å². The molecule has 128 valence electrons. The normalized spacial score (nSPS) is 13.5. The Balaban J connectivity index is 1.61. The number of hydrogen-bond donors (Lipinski definition) is 0. The molecule has 0 saturated heterocycles. The van der Waals surface area contributed by atoms with Gasteiger partial charge in [-0.25, -0.2) is 14.2 Å². The predicted octanol–water partition coefficient (Wildman–Crippen LogP) is 3.27. The van der Waals surface area contributed by atoms with E-state index in [0.29, 0.717) is 13.0 Å². The number of hydrogen-bond acceptors (Lipinski definition) is 4. The summed E-state index contributed by atoms with van der Waals surface area (Å²) >= 11 is 5.73. The summed E-state index contributed by atoms with van der Waals surface area (Å²) in [7, 11) is 0. The summed E-state index contributed by atoms with van der Waals surface area (Å²) in [5.41, 5.74) is 1.42. The van der Waals surface area contributed by atoms with E-state index < -0.39 is 24.3 Å². The number of halogens is 2. The largest absolute Gasteiger partial charge is 0.452 e. The highest BCUT2D eigenvalue weighted by Crippen LogP contribution is 2.17. The smallest absolute Gasteiger partial charge is 0.341 e. The van der Waals surface area contributed by atoms with Gasteiger partial charge in [0.2, 0.25) is 0 Å². The van der Waals surface area contributed by atoms with Crippen LogP contribution in [0.3, 0.4) is 0 Å². The first-order valence-electron chi connectivity index (χ1n) is 7.60. The average Bonchev–Trinajstić information content (AvgIpc) is 3.12. The molecule has 2 aromatic rings. The van der Waals surface area contributed by atoms with Crippen LogP contribution in [-0.4, -0.2) is 35.7 Å². The maximum Gasteiger partial charge on any atom is 0.341 e. The second-order valence-electron chi connectivity index (χ2n) is 5.38. The van der Waals surface area contributed by atoms with Gasteiger partial charge in [0.25, 0.3) is 5.91 Å². The zero-order chi connectivity index (χ0) is 17.8. The molecule has 25 heavy (non-hydrogen) atoms. The number of nitrogens with zero attached hydrogens (tertiary/aromatic N) is 2. The first-order valence-corrected chi connectivity index (χ1v) is 7.98.